The van der Waals surface area contributed by atoms with E-state index < -0.39 is 5.41 Å². The SMILES string of the molecule is BC1C=NC(NC(=O)C2(C)CCCOC2)=CC1. The number of carbonyl (C=O) groups excluding carboxylic acids is 1. The second-order valence-electron chi connectivity index (χ2n) is 5.25. The highest BCUT2D eigenvalue weighted by Gasteiger charge is 2.35. The van der Waals surface area contributed by atoms with Crippen LogP contribution in [0.3, 0.4) is 0 Å². The number of carbonyl (C=O) groups is 1. The lowest BCUT2D eigenvalue weighted by atomic mass is 9.83. The fraction of sp³-hybridized carbons (Fsp3) is 0.667. The number of hydrogen-bond acceptors (Lipinski definition) is 3. The molecule has 92 valence electrons. The Morgan fingerprint density at radius 2 is 2.53 bits per heavy atom. The molecule has 2 rings (SSSR count). The molecule has 0 saturated carbocycles. The largest absolute Gasteiger partial charge is 0.380 e. The molecule has 0 aromatic rings. The van der Waals surface area contributed by atoms with Gasteiger partial charge in [0.2, 0.25) is 5.91 Å². The van der Waals surface area contributed by atoms with Crippen LogP contribution >= 0.6 is 0 Å². The predicted octanol–water partition coefficient (Wildman–Crippen LogP) is 0.657. The van der Waals surface area contributed by atoms with Crippen molar-refractivity contribution in [2.24, 2.45) is 10.4 Å². The summed E-state index contributed by atoms with van der Waals surface area (Å²) in [4.78, 5) is 16.4. The Kier molecular flexibility index (Phi) is 3.67. The van der Waals surface area contributed by atoms with Crippen LogP contribution in [0.15, 0.2) is 16.9 Å². The first kappa shape index (κ1) is 12.4. The fourth-order valence-corrected chi connectivity index (χ4v) is 2.08. The van der Waals surface area contributed by atoms with Gasteiger partial charge in [-0.1, -0.05) is 0 Å². The molecule has 0 aromatic heterocycles. The van der Waals surface area contributed by atoms with Crippen molar-refractivity contribution in [1.82, 2.24) is 5.32 Å². The summed E-state index contributed by atoms with van der Waals surface area (Å²) < 4.78 is 5.39. The number of ether oxygens (including phenoxy) is 1. The molecular formula is C12H19BN2O2. The first-order valence-electron chi connectivity index (χ1n) is 6.24. The van der Waals surface area contributed by atoms with Crippen molar-refractivity contribution in [3.8, 4) is 0 Å². The molecule has 2 atom stereocenters. The molecule has 0 spiro atoms. The van der Waals surface area contributed by atoms with Gasteiger partial charge in [0, 0.05) is 12.8 Å². The number of rotatable bonds is 2. The Morgan fingerprint density at radius 3 is 3.12 bits per heavy atom. The van der Waals surface area contributed by atoms with Gasteiger partial charge in [0.25, 0.3) is 0 Å². The molecule has 2 aliphatic heterocycles. The van der Waals surface area contributed by atoms with E-state index in [4.69, 9.17) is 4.74 Å². The smallest absolute Gasteiger partial charge is 0.233 e. The minimum absolute atomic E-state index is 0.0233. The van der Waals surface area contributed by atoms with Gasteiger partial charge in [0.05, 0.1) is 12.0 Å². The Morgan fingerprint density at radius 1 is 1.71 bits per heavy atom. The van der Waals surface area contributed by atoms with Crippen molar-refractivity contribution in [3.63, 3.8) is 0 Å². The molecule has 1 amide bonds. The highest BCUT2D eigenvalue weighted by atomic mass is 16.5. The van der Waals surface area contributed by atoms with Crippen LogP contribution in [0, 0.1) is 5.41 Å². The standard InChI is InChI=1S/C12H19BN2O2/c1-12(5-2-6-17-8-12)11(16)15-10-4-3-9(13)7-14-10/h4,7,9H,2-3,5-6,8,13H2,1H3,(H,15,16). The summed E-state index contributed by atoms with van der Waals surface area (Å²) in [7, 11) is 2.11. The van der Waals surface area contributed by atoms with Crippen molar-refractivity contribution in [3.05, 3.63) is 11.9 Å². The minimum atomic E-state index is -0.405. The second-order valence-corrected chi connectivity index (χ2v) is 5.25. The van der Waals surface area contributed by atoms with Crippen molar-refractivity contribution in [2.45, 2.75) is 32.0 Å². The molecule has 4 nitrogen and oxygen atoms in total. The maximum atomic E-state index is 12.2. The van der Waals surface area contributed by atoms with Gasteiger partial charge in [-0.05, 0) is 38.1 Å². The van der Waals surface area contributed by atoms with Crippen LogP contribution in [0.2, 0.25) is 5.82 Å². The van der Waals surface area contributed by atoms with Crippen LogP contribution in [0.4, 0.5) is 0 Å². The highest BCUT2D eigenvalue weighted by Crippen LogP contribution is 2.28. The van der Waals surface area contributed by atoms with E-state index in [1.165, 1.54) is 0 Å². The maximum absolute atomic E-state index is 12.2. The zero-order chi connectivity index (χ0) is 12.3. The summed E-state index contributed by atoms with van der Waals surface area (Å²) in [6.07, 6.45) is 6.63. The van der Waals surface area contributed by atoms with Crippen LogP contribution in [0.25, 0.3) is 0 Å². The summed E-state index contributed by atoms with van der Waals surface area (Å²) in [5.74, 6) is 1.17. The third-order valence-electron chi connectivity index (χ3n) is 3.38. The zero-order valence-electron chi connectivity index (χ0n) is 10.5. The third-order valence-corrected chi connectivity index (χ3v) is 3.38. The van der Waals surface area contributed by atoms with Crippen LogP contribution < -0.4 is 5.32 Å². The van der Waals surface area contributed by atoms with Gasteiger partial charge in [-0.2, -0.15) is 0 Å². The Bertz CT molecular complexity index is 360. The molecule has 1 saturated heterocycles. The van der Waals surface area contributed by atoms with Crippen molar-refractivity contribution in [2.75, 3.05) is 13.2 Å². The summed E-state index contributed by atoms with van der Waals surface area (Å²) in [6.45, 7) is 3.23. The van der Waals surface area contributed by atoms with E-state index in [0.29, 0.717) is 18.2 Å². The molecule has 1 fully saturated rings. The molecule has 0 radical (unpaired) electrons. The Balaban J connectivity index is 1.95. The zero-order valence-corrected chi connectivity index (χ0v) is 10.5. The average molecular weight is 234 g/mol. The van der Waals surface area contributed by atoms with E-state index in [9.17, 15) is 4.79 Å². The molecule has 1 N–H and O–H groups in total. The lowest BCUT2D eigenvalue weighted by molar-refractivity contribution is -0.136. The highest BCUT2D eigenvalue weighted by molar-refractivity contribution is 6.20. The second kappa shape index (κ2) is 5.04. The van der Waals surface area contributed by atoms with E-state index in [1.54, 1.807) is 0 Å². The van der Waals surface area contributed by atoms with Crippen molar-refractivity contribution in [1.29, 1.82) is 0 Å². The van der Waals surface area contributed by atoms with E-state index in [2.05, 4.69) is 18.2 Å². The minimum Gasteiger partial charge on any atom is -0.380 e. The molecule has 0 bridgehead atoms. The lowest BCUT2D eigenvalue weighted by Crippen LogP contribution is -2.43. The van der Waals surface area contributed by atoms with E-state index in [1.807, 2.05) is 19.2 Å². The number of aliphatic imine (C=N–C) groups is 1. The van der Waals surface area contributed by atoms with Crippen LogP contribution in [0.5, 0.6) is 0 Å². The number of nitrogens with one attached hydrogen (secondary N) is 1. The molecule has 17 heavy (non-hydrogen) atoms. The van der Waals surface area contributed by atoms with Crippen LogP contribution in [-0.2, 0) is 9.53 Å². The molecule has 2 heterocycles. The van der Waals surface area contributed by atoms with Gasteiger partial charge in [0.15, 0.2) is 0 Å². The van der Waals surface area contributed by atoms with Crippen LogP contribution in [0.1, 0.15) is 26.2 Å². The predicted molar refractivity (Wildman–Crippen MR) is 69.8 cm³/mol. The van der Waals surface area contributed by atoms with Gasteiger partial charge < -0.3 is 10.1 Å². The fourth-order valence-electron chi connectivity index (χ4n) is 2.08. The van der Waals surface area contributed by atoms with E-state index in [-0.39, 0.29) is 5.91 Å². The first-order chi connectivity index (χ1) is 8.10. The van der Waals surface area contributed by atoms with Crippen molar-refractivity contribution >= 4 is 20.0 Å². The third kappa shape index (κ3) is 2.97. The van der Waals surface area contributed by atoms with Gasteiger partial charge in [0.1, 0.15) is 13.7 Å². The number of allylic oxidation sites excluding steroid dienone is 1. The number of amides is 1. The van der Waals surface area contributed by atoms with Crippen molar-refractivity contribution < 1.29 is 9.53 Å². The first-order valence-corrected chi connectivity index (χ1v) is 6.24. The lowest BCUT2D eigenvalue weighted by Gasteiger charge is -2.32. The van der Waals surface area contributed by atoms with Crippen LogP contribution in [-0.4, -0.2) is 33.2 Å². The van der Waals surface area contributed by atoms with E-state index in [0.717, 1.165) is 25.9 Å². The maximum Gasteiger partial charge on any atom is 0.233 e. The monoisotopic (exact) mass is 234 g/mol. The Labute approximate surface area is 103 Å². The topological polar surface area (TPSA) is 50.7 Å². The molecule has 2 aliphatic rings. The van der Waals surface area contributed by atoms with Gasteiger partial charge in [-0.25, -0.2) is 4.99 Å². The summed E-state index contributed by atoms with van der Waals surface area (Å²) in [5, 5.41) is 2.89. The number of hydrogen-bond donors (Lipinski definition) is 1. The quantitative estimate of drug-likeness (QED) is 0.713. The Hall–Kier alpha value is -1.10. The van der Waals surface area contributed by atoms with Gasteiger partial charge >= 0.3 is 0 Å². The normalized spacial score (nSPS) is 33.0. The molecular weight excluding hydrogens is 215 g/mol. The summed E-state index contributed by atoms with van der Waals surface area (Å²) >= 11 is 0. The van der Waals surface area contributed by atoms with Gasteiger partial charge in [-0.3, -0.25) is 4.79 Å². The molecule has 0 aliphatic carbocycles. The molecule has 0 aromatic carbocycles. The molecule has 2 unspecified atom stereocenters. The summed E-state index contributed by atoms with van der Waals surface area (Å²) in [5.41, 5.74) is -0.405. The summed E-state index contributed by atoms with van der Waals surface area (Å²) in [6, 6.07) is 0. The molecule has 5 heteroatoms. The average Bonchev–Trinajstić information content (AvgIpc) is 2.33. The van der Waals surface area contributed by atoms with E-state index >= 15 is 0 Å². The van der Waals surface area contributed by atoms with Gasteiger partial charge in [-0.15, -0.1) is 0 Å². The number of nitrogens with zero attached hydrogens (tertiary/aromatic N) is 1.